The fourth-order valence-electron chi connectivity index (χ4n) is 3.29. The Morgan fingerprint density at radius 2 is 1.94 bits per heavy atom. The zero-order valence-corrected chi connectivity index (χ0v) is 11.4. The van der Waals surface area contributed by atoms with Crippen LogP contribution < -0.4 is 5.32 Å². The molecule has 0 amide bonds. The Kier molecular flexibility index (Phi) is 4.83. The Labute approximate surface area is 106 Å². The Morgan fingerprint density at radius 3 is 2.53 bits per heavy atom. The Balaban J connectivity index is 1.68. The maximum atomic E-state index is 9.80. The van der Waals surface area contributed by atoms with E-state index in [4.69, 9.17) is 0 Å². The fraction of sp³-hybridized carbons (Fsp3) is 1.00. The van der Waals surface area contributed by atoms with Crippen molar-refractivity contribution in [2.24, 2.45) is 11.8 Å². The molecule has 3 heteroatoms. The van der Waals surface area contributed by atoms with Gasteiger partial charge in [-0.05, 0) is 64.6 Å². The highest BCUT2D eigenvalue weighted by atomic mass is 16.3. The van der Waals surface area contributed by atoms with E-state index >= 15 is 0 Å². The van der Waals surface area contributed by atoms with Gasteiger partial charge in [-0.25, -0.2) is 0 Å². The van der Waals surface area contributed by atoms with Crippen LogP contribution >= 0.6 is 0 Å². The van der Waals surface area contributed by atoms with Gasteiger partial charge in [0, 0.05) is 12.6 Å². The predicted octanol–water partition coefficient (Wildman–Crippen LogP) is 1.47. The number of nitrogens with zero attached hydrogens (tertiary/aromatic N) is 1. The average Bonchev–Trinajstić information content (AvgIpc) is 2.73. The normalized spacial score (nSPS) is 34.1. The number of rotatable bonds is 4. The summed E-state index contributed by atoms with van der Waals surface area (Å²) < 4.78 is 0. The van der Waals surface area contributed by atoms with Crippen LogP contribution in [0.1, 0.15) is 39.0 Å². The topological polar surface area (TPSA) is 35.5 Å². The predicted molar refractivity (Wildman–Crippen MR) is 71.0 cm³/mol. The second-order valence-electron chi connectivity index (χ2n) is 6.10. The zero-order valence-electron chi connectivity index (χ0n) is 11.4. The van der Waals surface area contributed by atoms with Crippen LogP contribution in [0.2, 0.25) is 0 Å². The third-order valence-corrected chi connectivity index (χ3v) is 4.79. The van der Waals surface area contributed by atoms with E-state index in [1.807, 2.05) is 0 Å². The molecule has 0 aromatic carbocycles. The highest BCUT2D eigenvalue weighted by Crippen LogP contribution is 2.25. The molecule has 0 bridgehead atoms. The highest BCUT2D eigenvalue weighted by molar-refractivity contribution is 4.82. The highest BCUT2D eigenvalue weighted by Gasteiger charge is 2.27. The van der Waals surface area contributed by atoms with Gasteiger partial charge < -0.3 is 15.3 Å². The van der Waals surface area contributed by atoms with E-state index in [9.17, 15) is 5.11 Å². The van der Waals surface area contributed by atoms with Crippen LogP contribution in [0.3, 0.4) is 0 Å². The van der Waals surface area contributed by atoms with E-state index < -0.39 is 0 Å². The summed E-state index contributed by atoms with van der Waals surface area (Å²) in [7, 11) is 2.21. The molecule has 2 aliphatic rings. The molecule has 0 aromatic heterocycles. The quantitative estimate of drug-likeness (QED) is 0.781. The van der Waals surface area contributed by atoms with Crippen LogP contribution in [-0.4, -0.2) is 48.8 Å². The van der Waals surface area contributed by atoms with Crippen LogP contribution in [0.15, 0.2) is 0 Å². The molecule has 3 unspecified atom stereocenters. The van der Waals surface area contributed by atoms with Crippen molar-refractivity contribution < 1.29 is 5.11 Å². The lowest BCUT2D eigenvalue weighted by Crippen LogP contribution is -2.42. The molecule has 0 spiro atoms. The summed E-state index contributed by atoms with van der Waals surface area (Å²) in [6.45, 7) is 5.80. The summed E-state index contributed by atoms with van der Waals surface area (Å²) in [5.41, 5.74) is 0. The minimum Gasteiger partial charge on any atom is -0.393 e. The molecule has 3 atom stereocenters. The Morgan fingerprint density at radius 1 is 1.24 bits per heavy atom. The Bertz CT molecular complexity index is 226. The van der Waals surface area contributed by atoms with E-state index in [0.717, 1.165) is 18.9 Å². The number of hydrogen-bond acceptors (Lipinski definition) is 3. The van der Waals surface area contributed by atoms with E-state index in [0.29, 0.717) is 12.0 Å². The van der Waals surface area contributed by atoms with Crippen molar-refractivity contribution in [2.75, 3.05) is 26.7 Å². The molecule has 1 heterocycles. The molecule has 1 aliphatic carbocycles. The van der Waals surface area contributed by atoms with Gasteiger partial charge in [-0.1, -0.05) is 6.42 Å². The van der Waals surface area contributed by atoms with Gasteiger partial charge in [0.05, 0.1) is 6.10 Å². The van der Waals surface area contributed by atoms with Crippen molar-refractivity contribution in [3.63, 3.8) is 0 Å². The summed E-state index contributed by atoms with van der Waals surface area (Å²) in [6, 6.07) is 0.608. The van der Waals surface area contributed by atoms with E-state index in [2.05, 4.69) is 24.2 Å². The van der Waals surface area contributed by atoms with Gasteiger partial charge in [0.2, 0.25) is 0 Å². The lowest BCUT2D eigenvalue weighted by molar-refractivity contribution is 0.124. The van der Waals surface area contributed by atoms with Crippen molar-refractivity contribution in [3.8, 4) is 0 Å². The summed E-state index contributed by atoms with van der Waals surface area (Å²) in [4.78, 5) is 2.42. The molecule has 1 aliphatic heterocycles. The lowest BCUT2D eigenvalue weighted by atomic mass is 9.90. The first-order valence-electron chi connectivity index (χ1n) is 7.27. The van der Waals surface area contributed by atoms with Crippen molar-refractivity contribution in [1.29, 1.82) is 0 Å². The molecule has 17 heavy (non-hydrogen) atoms. The average molecular weight is 240 g/mol. The molecular formula is C14H28N2O. The summed E-state index contributed by atoms with van der Waals surface area (Å²) in [6.07, 6.45) is 6.00. The first kappa shape index (κ1) is 13.3. The molecule has 0 aromatic rings. The number of aliphatic hydroxyl groups excluding tert-OH is 1. The number of piperidine rings is 1. The maximum Gasteiger partial charge on any atom is 0.0580 e. The number of aliphatic hydroxyl groups is 1. The van der Waals surface area contributed by atoms with Crippen molar-refractivity contribution in [2.45, 2.75) is 51.2 Å². The molecule has 1 saturated carbocycles. The van der Waals surface area contributed by atoms with Gasteiger partial charge in [0.15, 0.2) is 0 Å². The minimum atomic E-state index is -0.0489. The molecule has 1 saturated heterocycles. The standard InChI is InChI=1S/C14H28N2O/c1-11(12-6-8-16(2)9-7-12)15-10-13-4-3-5-14(13)17/h11-15,17H,3-10H2,1-2H3. The monoisotopic (exact) mass is 240 g/mol. The van der Waals surface area contributed by atoms with E-state index in [1.165, 1.54) is 38.8 Å². The van der Waals surface area contributed by atoms with Crippen LogP contribution in [-0.2, 0) is 0 Å². The first-order valence-corrected chi connectivity index (χ1v) is 7.27. The summed E-state index contributed by atoms with van der Waals surface area (Å²) in [5, 5.41) is 13.5. The molecule has 3 nitrogen and oxygen atoms in total. The molecule has 0 radical (unpaired) electrons. The fourth-order valence-corrected chi connectivity index (χ4v) is 3.29. The molecule has 100 valence electrons. The number of hydrogen-bond donors (Lipinski definition) is 2. The smallest absolute Gasteiger partial charge is 0.0580 e. The first-order chi connectivity index (χ1) is 8.16. The SMILES string of the molecule is CC(NCC1CCCC1O)C1CCN(C)CC1. The number of nitrogens with one attached hydrogen (secondary N) is 1. The van der Waals surface area contributed by atoms with Gasteiger partial charge in [0.1, 0.15) is 0 Å². The third kappa shape index (κ3) is 3.67. The summed E-state index contributed by atoms with van der Waals surface area (Å²) in [5.74, 6) is 1.33. The molecule has 2 N–H and O–H groups in total. The van der Waals surface area contributed by atoms with Crippen molar-refractivity contribution in [3.05, 3.63) is 0 Å². The van der Waals surface area contributed by atoms with Gasteiger partial charge in [0.25, 0.3) is 0 Å². The van der Waals surface area contributed by atoms with Gasteiger partial charge >= 0.3 is 0 Å². The second-order valence-corrected chi connectivity index (χ2v) is 6.10. The molecular weight excluding hydrogens is 212 g/mol. The Hall–Kier alpha value is -0.120. The van der Waals surface area contributed by atoms with Gasteiger partial charge in [-0.2, -0.15) is 0 Å². The lowest BCUT2D eigenvalue weighted by Gasteiger charge is -2.33. The van der Waals surface area contributed by atoms with E-state index in [1.54, 1.807) is 0 Å². The van der Waals surface area contributed by atoms with E-state index in [-0.39, 0.29) is 6.10 Å². The van der Waals surface area contributed by atoms with Gasteiger partial charge in [-0.3, -0.25) is 0 Å². The van der Waals surface area contributed by atoms with Crippen LogP contribution in [0.4, 0.5) is 0 Å². The van der Waals surface area contributed by atoms with Crippen LogP contribution in [0.5, 0.6) is 0 Å². The minimum absolute atomic E-state index is 0.0489. The molecule has 2 fully saturated rings. The van der Waals surface area contributed by atoms with Gasteiger partial charge in [-0.15, -0.1) is 0 Å². The third-order valence-electron chi connectivity index (χ3n) is 4.79. The van der Waals surface area contributed by atoms with Crippen molar-refractivity contribution in [1.82, 2.24) is 10.2 Å². The second kappa shape index (κ2) is 6.17. The largest absolute Gasteiger partial charge is 0.393 e. The van der Waals surface area contributed by atoms with Crippen LogP contribution in [0, 0.1) is 11.8 Å². The number of likely N-dealkylation sites (tertiary alicyclic amines) is 1. The van der Waals surface area contributed by atoms with Crippen LogP contribution in [0.25, 0.3) is 0 Å². The zero-order chi connectivity index (χ0) is 12.3. The molecule has 2 rings (SSSR count). The summed E-state index contributed by atoms with van der Waals surface area (Å²) >= 11 is 0. The van der Waals surface area contributed by atoms with Crippen molar-refractivity contribution >= 4 is 0 Å². The maximum absolute atomic E-state index is 9.80.